The van der Waals surface area contributed by atoms with Gasteiger partial charge in [0.2, 0.25) is 11.8 Å². The van der Waals surface area contributed by atoms with Gasteiger partial charge in [0.1, 0.15) is 6.04 Å². The molecular formula is C23H27Cl2N3O4S. The molecule has 0 radical (unpaired) electrons. The maximum atomic E-state index is 13.1. The van der Waals surface area contributed by atoms with Crippen LogP contribution in [0.4, 0.5) is 5.69 Å². The van der Waals surface area contributed by atoms with E-state index >= 15 is 0 Å². The molecule has 0 aromatic heterocycles. The SMILES string of the molecule is CCCCNC(=O)C(C)N(Cc1ccc(Cl)cc1Cl)C(=O)CSCc1ccc([N+](=O)[O-])cc1. The molecule has 7 nitrogen and oxygen atoms in total. The molecule has 0 saturated heterocycles. The maximum Gasteiger partial charge on any atom is 0.269 e. The van der Waals surface area contributed by atoms with Crippen molar-refractivity contribution in [3.63, 3.8) is 0 Å². The lowest BCUT2D eigenvalue weighted by Crippen LogP contribution is -2.48. The molecule has 1 unspecified atom stereocenters. The second kappa shape index (κ2) is 13.4. The van der Waals surface area contributed by atoms with Crippen LogP contribution in [0.5, 0.6) is 0 Å². The van der Waals surface area contributed by atoms with E-state index in [1.807, 2.05) is 6.92 Å². The number of amides is 2. The number of non-ortho nitro benzene ring substituents is 1. The lowest BCUT2D eigenvalue weighted by atomic mass is 10.1. The summed E-state index contributed by atoms with van der Waals surface area (Å²) in [5.41, 5.74) is 1.59. The molecule has 0 fully saturated rings. The zero-order valence-electron chi connectivity index (χ0n) is 18.6. The molecule has 0 aliphatic heterocycles. The number of rotatable bonds is 12. The normalized spacial score (nSPS) is 11.6. The van der Waals surface area contributed by atoms with Gasteiger partial charge in [0, 0.05) is 41.0 Å². The molecule has 2 amide bonds. The van der Waals surface area contributed by atoms with Gasteiger partial charge in [0.05, 0.1) is 10.7 Å². The van der Waals surface area contributed by atoms with Crippen molar-refractivity contribution in [3.05, 3.63) is 73.8 Å². The van der Waals surface area contributed by atoms with Crippen molar-refractivity contribution in [3.8, 4) is 0 Å². The summed E-state index contributed by atoms with van der Waals surface area (Å²) < 4.78 is 0. The number of nitro groups is 1. The fourth-order valence-electron chi connectivity index (χ4n) is 3.01. The first-order valence-corrected chi connectivity index (χ1v) is 12.5. The number of nitro benzene ring substituents is 1. The fourth-order valence-corrected chi connectivity index (χ4v) is 4.34. The molecule has 2 aromatic carbocycles. The van der Waals surface area contributed by atoms with E-state index in [-0.39, 0.29) is 29.8 Å². The van der Waals surface area contributed by atoms with Gasteiger partial charge >= 0.3 is 0 Å². The van der Waals surface area contributed by atoms with Gasteiger partial charge in [-0.2, -0.15) is 0 Å². The Balaban J connectivity index is 2.07. The van der Waals surface area contributed by atoms with Gasteiger partial charge in [-0.05, 0) is 36.6 Å². The van der Waals surface area contributed by atoms with Crippen LogP contribution in [0.15, 0.2) is 42.5 Å². The van der Waals surface area contributed by atoms with E-state index in [0.717, 1.165) is 18.4 Å². The van der Waals surface area contributed by atoms with Crippen molar-refractivity contribution in [2.24, 2.45) is 0 Å². The van der Waals surface area contributed by atoms with Crippen molar-refractivity contribution in [1.29, 1.82) is 0 Å². The lowest BCUT2D eigenvalue weighted by Gasteiger charge is -2.29. The number of thioether (sulfide) groups is 1. The molecule has 10 heteroatoms. The van der Waals surface area contributed by atoms with E-state index in [0.29, 0.717) is 27.9 Å². The van der Waals surface area contributed by atoms with E-state index in [1.54, 1.807) is 37.3 Å². The van der Waals surface area contributed by atoms with Crippen LogP contribution in [0.25, 0.3) is 0 Å². The first-order chi connectivity index (χ1) is 15.7. The van der Waals surface area contributed by atoms with Crippen molar-refractivity contribution < 1.29 is 14.5 Å². The number of benzene rings is 2. The largest absolute Gasteiger partial charge is 0.354 e. The number of nitrogens with zero attached hydrogens (tertiary/aromatic N) is 2. The van der Waals surface area contributed by atoms with Crippen LogP contribution >= 0.6 is 35.0 Å². The van der Waals surface area contributed by atoms with Gasteiger partial charge < -0.3 is 10.2 Å². The first kappa shape index (κ1) is 27.0. The summed E-state index contributed by atoms with van der Waals surface area (Å²) in [7, 11) is 0. The average molecular weight is 512 g/mol. The van der Waals surface area contributed by atoms with E-state index in [9.17, 15) is 19.7 Å². The number of carbonyl (C=O) groups is 2. The van der Waals surface area contributed by atoms with Crippen molar-refractivity contribution in [2.45, 2.75) is 45.0 Å². The highest BCUT2D eigenvalue weighted by atomic mass is 35.5. The summed E-state index contributed by atoms with van der Waals surface area (Å²) in [5, 5.41) is 14.6. The molecule has 178 valence electrons. The van der Waals surface area contributed by atoms with Crippen molar-refractivity contribution >= 4 is 52.5 Å². The van der Waals surface area contributed by atoms with Crippen LogP contribution in [-0.2, 0) is 21.9 Å². The molecule has 2 aromatic rings. The van der Waals surface area contributed by atoms with Gasteiger partial charge in [0.15, 0.2) is 0 Å². The Bertz CT molecular complexity index is 973. The number of nitrogens with one attached hydrogen (secondary N) is 1. The average Bonchev–Trinajstić information content (AvgIpc) is 2.78. The monoisotopic (exact) mass is 511 g/mol. The number of hydrogen-bond donors (Lipinski definition) is 1. The van der Waals surface area contributed by atoms with Gasteiger partial charge in [-0.1, -0.05) is 54.7 Å². The highest BCUT2D eigenvalue weighted by Gasteiger charge is 2.26. The van der Waals surface area contributed by atoms with Crippen LogP contribution in [0, 0.1) is 10.1 Å². The molecule has 0 bridgehead atoms. The Hall–Kier alpha value is -2.29. The highest BCUT2D eigenvalue weighted by molar-refractivity contribution is 7.99. The summed E-state index contributed by atoms with van der Waals surface area (Å²) in [6.07, 6.45) is 1.82. The quantitative estimate of drug-likeness (QED) is 0.231. The summed E-state index contributed by atoms with van der Waals surface area (Å²) in [4.78, 5) is 37.6. The summed E-state index contributed by atoms with van der Waals surface area (Å²) in [6, 6.07) is 10.6. The van der Waals surface area contributed by atoms with Gasteiger partial charge in [-0.15, -0.1) is 11.8 Å². The third-order valence-electron chi connectivity index (χ3n) is 4.99. The molecule has 0 aliphatic carbocycles. The molecule has 1 atom stereocenters. The molecule has 0 heterocycles. The molecule has 2 rings (SSSR count). The predicted molar refractivity (Wildman–Crippen MR) is 134 cm³/mol. The van der Waals surface area contributed by atoms with E-state index in [2.05, 4.69) is 5.32 Å². The number of carbonyl (C=O) groups excluding carboxylic acids is 2. The minimum absolute atomic E-state index is 0.0220. The summed E-state index contributed by atoms with van der Waals surface area (Å²) >= 11 is 13.7. The van der Waals surface area contributed by atoms with Crippen molar-refractivity contribution in [2.75, 3.05) is 12.3 Å². The lowest BCUT2D eigenvalue weighted by molar-refractivity contribution is -0.384. The molecule has 0 saturated carbocycles. The van der Waals surface area contributed by atoms with Crippen LogP contribution in [-0.4, -0.2) is 40.0 Å². The fraction of sp³-hybridized carbons (Fsp3) is 0.391. The predicted octanol–water partition coefficient (Wildman–Crippen LogP) is 5.47. The topological polar surface area (TPSA) is 92.6 Å². The molecule has 0 aliphatic rings. The van der Waals surface area contributed by atoms with Gasteiger partial charge in [-0.25, -0.2) is 0 Å². The number of hydrogen-bond acceptors (Lipinski definition) is 5. The second-order valence-corrected chi connectivity index (χ2v) is 9.32. The number of halogens is 2. The van der Waals surface area contributed by atoms with E-state index in [4.69, 9.17) is 23.2 Å². The third-order valence-corrected chi connectivity index (χ3v) is 6.57. The Morgan fingerprint density at radius 1 is 1.18 bits per heavy atom. The number of unbranched alkanes of at least 4 members (excludes halogenated alkanes) is 1. The molecule has 0 spiro atoms. The molecule has 33 heavy (non-hydrogen) atoms. The molecular weight excluding hydrogens is 485 g/mol. The molecule has 1 N–H and O–H groups in total. The van der Waals surface area contributed by atoms with Crippen LogP contribution in [0.3, 0.4) is 0 Å². The maximum absolute atomic E-state index is 13.1. The zero-order valence-corrected chi connectivity index (χ0v) is 20.9. The second-order valence-electron chi connectivity index (χ2n) is 7.49. The minimum Gasteiger partial charge on any atom is -0.354 e. The summed E-state index contributed by atoms with van der Waals surface area (Å²) in [5.74, 6) is 0.235. The summed E-state index contributed by atoms with van der Waals surface area (Å²) in [6.45, 7) is 4.47. The minimum atomic E-state index is -0.680. The van der Waals surface area contributed by atoms with E-state index < -0.39 is 11.0 Å². The highest BCUT2D eigenvalue weighted by Crippen LogP contribution is 2.24. The van der Waals surface area contributed by atoms with Gasteiger partial charge in [0.25, 0.3) is 5.69 Å². The van der Waals surface area contributed by atoms with Crippen molar-refractivity contribution in [1.82, 2.24) is 10.2 Å². The third kappa shape index (κ3) is 8.53. The zero-order chi connectivity index (χ0) is 24.4. The smallest absolute Gasteiger partial charge is 0.269 e. The standard InChI is InChI=1S/C23H27Cl2N3O4S/c1-3-4-11-26-23(30)16(2)27(13-18-7-8-19(24)12-21(18)25)22(29)15-33-14-17-5-9-20(10-6-17)28(31)32/h5-10,12,16H,3-4,11,13-15H2,1-2H3,(H,26,30). The van der Waals surface area contributed by atoms with Gasteiger partial charge in [-0.3, -0.25) is 19.7 Å². The Morgan fingerprint density at radius 2 is 1.88 bits per heavy atom. The van der Waals surface area contributed by atoms with Crippen LogP contribution < -0.4 is 5.32 Å². The first-order valence-electron chi connectivity index (χ1n) is 10.5. The Kier molecular flexibility index (Phi) is 11.0. The van der Waals surface area contributed by atoms with Crippen LogP contribution in [0.2, 0.25) is 10.0 Å². The Labute approximate surface area is 208 Å². The van der Waals surface area contributed by atoms with Crippen LogP contribution in [0.1, 0.15) is 37.8 Å². The van der Waals surface area contributed by atoms with E-state index in [1.165, 1.54) is 28.8 Å². The Morgan fingerprint density at radius 3 is 2.48 bits per heavy atom.